The molecular formula is C16H9NO3. The zero-order chi connectivity index (χ0) is 13.9. The van der Waals surface area contributed by atoms with Gasteiger partial charge in [0, 0.05) is 29.1 Å². The zero-order valence-corrected chi connectivity index (χ0v) is 10.4. The maximum absolute atomic E-state index is 10.7. The van der Waals surface area contributed by atoms with E-state index in [9.17, 15) is 10.1 Å². The van der Waals surface area contributed by atoms with Crippen molar-refractivity contribution in [1.29, 1.82) is 0 Å². The van der Waals surface area contributed by atoms with Gasteiger partial charge in [0.25, 0.3) is 5.69 Å². The van der Waals surface area contributed by atoms with Crippen molar-refractivity contribution in [3.63, 3.8) is 0 Å². The molecule has 0 aliphatic carbocycles. The minimum Gasteiger partial charge on any atom is -0.448 e. The highest BCUT2D eigenvalue weighted by Crippen LogP contribution is 2.23. The molecule has 0 spiro atoms. The Morgan fingerprint density at radius 2 is 1.80 bits per heavy atom. The Morgan fingerprint density at radius 3 is 2.55 bits per heavy atom. The molecule has 0 N–H and O–H groups in total. The summed E-state index contributed by atoms with van der Waals surface area (Å²) in [7, 11) is 0. The van der Waals surface area contributed by atoms with Crippen molar-refractivity contribution >= 4 is 16.7 Å². The van der Waals surface area contributed by atoms with Crippen LogP contribution in [0.5, 0.6) is 0 Å². The first-order chi connectivity index (χ1) is 9.72. The van der Waals surface area contributed by atoms with E-state index < -0.39 is 4.92 Å². The van der Waals surface area contributed by atoms with Crippen LogP contribution in [0.3, 0.4) is 0 Å². The van der Waals surface area contributed by atoms with Crippen molar-refractivity contribution in [1.82, 2.24) is 0 Å². The molecule has 0 radical (unpaired) electrons. The van der Waals surface area contributed by atoms with Gasteiger partial charge < -0.3 is 4.42 Å². The highest BCUT2D eigenvalue weighted by molar-refractivity contribution is 5.81. The molecule has 3 rings (SSSR count). The summed E-state index contributed by atoms with van der Waals surface area (Å²) in [6.45, 7) is 0. The van der Waals surface area contributed by atoms with Crippen LogP contribution in [0.2, 0.25) is 0 Å². The summed E-state index contributed by atoms with van der Waals surface area (Å²) in [6, 6.07) is 15.7. The molecular weight excluding hydrogens is 254 g/mol. The van der Waals surface area contributed by atoms with Gasteiger partial charge in [-0.25, -0.2) is 0 Å². The molecule has 0 atom stereocenters. The average molecular weight is 263 g/mol. The molecule has 0 saturated carbocycles. The maximum Gasteiger partial charge on any atom is 0.270 e. The number of nitro groups is 1. The predicted molar refractivity (Wildman–Crippen MR) is 75.3 cm³/mol. The second-order valence-electron chi connectivity index (χ2n) is 4.21. The quantitative estimate of drug-likeness (QED) is 0.382. The fraction of sp³-hybridized carbons (Fsp3) is 0. The number of nitrogens with zero attached hydrogens (tertiary/aromatic N) is 1. The second kappa shape index (κ2) is 4.90. The molecule has 96 valence electrons. The molecule has 4 heteroatoms. The lowest BCUT2D eigenvalue weighted by Crippen LogP contribution is -1.85. The lowest BCUT2D eigenvalue weighted by Gasteiger charge is -1.89. The van der Waals surface area contributed by atoms with E-state index in [1.807, 2.05) is 30.3 Å². The van der Waals surface area contributed by atoms with Gasteiger partial charge in [0.05, 0.1) is 4.92 Å². The Morgan fingerprint density at radius 1 is 1.00 bits per heavy atom. The molecule has 0 saturated heterocycles. The monoisotopic (exact) mass is 263 g/mol. The molecule has 0 bridgehead atoms. The molecule has 1 heterocycles. The number of benzene rings is 2. The third-order valence-electron chi connectivity index (χ3n) is 2.81. The average Bonchev–Trinajstić information content (AvgIpc) is 2.88. The van der Waals surface area contributed by atoms with Gasteiger partial charge in [0.2, 0.25) is 0 Å². The van der Waals surface area contributed by atoms with Crippen LogP contribution in [0.25, 0.3) is 11.0 Å². The first-order valence-electron chi connectivity index (χ1n) is 5.97. The van der Waals surface area contributed by atoms with Crippen LogP contribution in [0, 0.1) is 22.0 Å². The topological polar surface area (TPSA) is 56.3 Å². The third kappa shape index (κ3) is 2.38. The number of hydrogen-bond donors (Lipinski definition) is 0. The Labute approximate surface area is 114 Å². The van der Waals surface area contributed by atoms with E-state index in [0.717, 1.165) is 5.56 Å². The molecule has 0 aliphatic rings. The van der Waals surface area contributed by atoms with Crippen LogP contribution in [-0.2, 0) is 0 Å². The van der Waals surface area contributed by atoms with Gasteiger partial charge in [0.15, 0.2) is 5.76 Å². The van der Waals surface area contributed by atoms with Crippen molar-refractivity contribution in [2.75, 3.05) is 0 Å². The summed E-state index contributed by atoms with van der Waals surface area (Å²) < 4.78 is 5.53. The standard InChI is InChI=1S/C16H9NO3/c18-17(19)14-7-9-16-13(10-14)11-15(20-16)8-6-12-4-2-1-3-5-12/h1-5,7,9-11H. The molecule has 4 nitrogen and oxygen atoms in total. The Bertz CT molecular complexity index is 838. The first-order valence-corrected chi connectivity index (χ1v) is 5.97. The zero-order valence-electron chi connectivity index (χ0n) is 10.4. The minimum absolute atomic E-state index is 0.0425. The van der Waals surface area contributed by atoms with Crippen LogP contribution in [0.4, 0.5) is 5.69 Å². The third-order valence-corrected chi connectivity index (χ3v) is 2.81. The molecule has 0 aliphatic heterocycles. The van der Waals surface area contributed by atoms with Crippen LogP contribution < -0.4 is 0 Å². The van der Waals surface area contributed by atoms with Gasteiger partial charge in [-0.3, -0.25) is 10.1 Å². The van der Waals surface area contributed by atoms with Gasteiger partial charge in [-0.1, -0.05) is 24.1 Å². The Hall–Kier alpha value is -3.06. The van der Waals surface area contributed by atoms with E-state index >= 15 is 0 Å². The fourth-order valence-electron chi connectivity index (χ4n) is 1.86. The van der Waals surface area contributed by atoms with Crippen molar-refractivity contribution in [3.8, 4) is 11.8 Å². The summed E-state index contributed by atoms with van der Waals surface area (Å²) in [5.41, 5.74) is 1.52. The highest BCUT2D eigenvalue weighted by Gasteiger charge is 2.09. The van der Waals surface area contributed by atoms with Gasteiger partial charge in [0.1, 0.15) is 5.58 Å². The predicted octanol–water partition coefficient (Wildman–Crippen LogP) is 3.74. The first kappa shape index (κ1) is 12.0. The second-order valence-corrected chi connectivity index (χ2v) is 4.21. The maximum atomic E-state index is 10.7. The normalized spacial score (nSPS) is 10.0. The SMILES string of the molecule is O=[N+]([O-])c1ccc2oc(C#Cc3ccccc3)cc2c1. The number of furan rings is 1. The molecule has 1 aromatic heterocycles. The molecule has 0 fully saturated rings. The smallest absolute Gasteiger partial charge is 0.270 e. The fourth-order valence-corrected chi connectivity index (χ4v) is 1.86. The van der Waals surface area contributed by atoms with Crippen LogP contribution >= 0.6 is 0 Å². The number of non-ortho nitro benzene ring substituents is 1. The van der Waals surface area contributed by atoms with Crippen molar-refractivity contribution < 1.29 is 9.34 Å². The Kier molecular flexibility index (Phi) is 2.94. The molecule has 0 unspecified atom stereocenters. The summed E-state index contributed by atoms with van der Waals surface area (Å²) >= 11 is 0. The number of hydrogen-bond acceptors (Lipinski definition) is 3. The molecule has 0 amide bonds. The summed E-state index contributed by atoms with van der Waals surface area (Å²) in [5, 5.41) is 11.4. The molecule has 20 heavy (non-hydrogen) atoms. The van der Waals surface area contributed by atoms with E-state index in [-0.39, 0.29) is 5.69 Å². The van der Waals surface area contributed by atoms with Crippen LogP contribution in [-0.4, -0.2) is 4.92 Å². The van der Waals surface area contributed by atoms with E-state index in [1.165, 1.54) is 12.1 Å². The number of fused-ring (bicyclic) bond motifs is 1. The van der Waals surface area contributed by atoms with E-state index in [4.69, 9.17) is 4.42 Å². The van der Waals surface area contributed by atoms with Crippen LogP contribution in [0.1, 0.15) is 11.3 Å². The summed E-state index contributed by atoms with van der Waals surface area (Å²) in [6.07, 6.45) is 0. The lowest BCUT2D eigenvalue weighted by atomic mass is 10.2. The highest BCUT2D eigenvalue weighted by atomic mass is 16.6. The number of nitro benzene ring substituents is 1. The van der Waals surface area contributed by atoms with Gasteiger partial charge in [-0.15, -0.1) is 0 Å². The lowest BCUT2D eigenvalue weighted by molar-refractivity contribution is -0.384. The Balaban J connectivity index is 1.98. The largest absolute Gasteiger partial charge is 0.448 e. The number of rotatable bonds is 1. The van der Waals surface area contributed by atoms with E-state index in [1.54, 1.807) is 12.1 Å². The van der Waals surface area contributed by atoms with E-state index in [0.29, 0.717) is 16.7 Å². The molecule has 3 aromatic rings. The summed E-state index contributed by atoms with van der Waals surface area (Å²) in [4.78, 5) is 10.3. The minimum atomic E-state index is -0.429. The van der Waals surface area contributed by atoms with Gasteiger partial charge in [-0.05, 0) is 24.1 Å². The van der Waals surface area contributed by atoms with Gasteiger partial charge >= 0.3 is 0 Å². The van der Waals surface area contributed by atoms with Crippen molar-refractivity contribution in [3.05, 3.63) is 76.0 Å². The van der Waals surface area contributed by atoms with Crippen molar-refractivity contribution in [2.45, 2.75) is 0 Å². The molecule has 2 aromatic carbocycles. The van der Waals surface area contributed by atoms with Crippen molar-refractivity contribution in [2.24, 2.45) is 0 Å². The summed E-state index contributed by atoms with van der Waals surface area (Å²) in [5.74, 6) is 6.38. The van der Waals surface area contributed by atoms with Gasteiger partial charge in [-0.2, -0.15) is 0 Å². The van der Waals surface area contributed by atoms with E-state index in [2.05, 4.69) is 11.8 Å². The van der Waals surface area contributed by atoms with Crippen LogP contribution in [0.15, 0.2) is 59.0 Å².